The third-order valence-corrected chi connectivity index (χ3v) is 3.02. The van der Waals surface area contributed by atoms with E-state index < -0.39 is 6.04 Å². The van der Waals surface area contributed by atoms with Crippen LogP contribution in [-0.2, 0) is 0 Å². The highest BCUT2D eigenvalue weighted by Gasteiger charge is 2.39. The minimum atomic E-state index is -0.507. The summed E-state index contributed by atoms with van der Waals surface area (Å²) in [4.78, 5) is 29.5. The molecule has 0 fully saturated rings. The van der Waals surface area contributed by atoms with Crippen LogP contribution in [0.5, 0.6) is 0 Å². The summed E-state index contributed by atoms with van der Waals surface area (Å²) < 4.78 is 5.15. The van der Waals surface area contributed by atoms with Crippen molar-refractivity contribution in [1.29, 1.82) is 0 Å². The Hall–Kier alpha value is -2.43. The van der Waals surface area contributed by atoms with Crippen molar-refractivity contribution in [2.75, 3.05) is 0 Å². The molecule has 1 aromatic carbocycles. The van der Waals surface area contributed by atoms with Crippen LogP contribution in [0.1, 0.15) is 39.6 Å². The minimum Gasteiger partial charge on any atom is -0.447 e. The second-order valence-corrected chi connectivity index (χ2v) is 4.07. The predicted octanol–water partition coefficient (Wildman–Crippen LogP) is 2.03. The fourth-order valence-corrected chi connectivity index (χ4v) is 2.11. The first-order valence-corrected chi connectivity index (χ1v) is 5.56. The first-order chi connectivity index (χ1) is 8.70. The molecule has 1 aliphatic heterocycles. The Bertz CT molecular complexity index is 584. The maximum atomic E-state index is 12.2. The Morgan fingerprint density at radius 1 is 1.17 bits per heavy atom. The topological polar surface area (TPSA) is 63.4 Å². The van der Waals surface area contributed by atoms with Gasteiger partial charge in [0.1, 0.15) is 12.3 Å². The zero-order valence-electron chi connectivity index (χ0n) is 9.66. The van der Waals surface area contributed by atoms with E-state index in [0.717, 1.165) is 0 Å². The van der Waals surface area contributed by atoms with Gasteiger partial charge in [0.2, 0.25) is 5.89 Å². The van der Waals surface area contributed by atoms with Crippen LogP contribution in [-0.4, -0.2) is 21.7 Å². The summed E-state index contributed by atoms with van der Waals surface area (Å²) >= 11 is 0. The number of oxazole rings is 1. The minimum absolute atomic E-state index is 0.304. The predicted molar refractivity (Wildman–Crippen MR) is 61.9 cm³/mol. The largest absolute Gasteiger partial charge is 0.447 e. The normalized spacial score (nSPS) is 15.9. The maximum absolute atomic E-state index is 12.2. The summed E-state index contributed by atoms with van der Waals surface area (Å²) in [5.74, 6) is -0.257. The van der Waals surface area contributed by atoms with Gasteiger partial charge in [0, 0.05) is 0 Å². The molecule has 1 atom stereocenters. The van der Waals surface area contributed by atoms with Crippen molar-refractivity contribution in [3.05, 3.63) is 53.7 Å². The number of hydrogen-bond acceptors (Lipinski definition) is 4. The van der Waals surface area contributed by atoms with Crippen LogP contribution in [0.25, 0.3) is 0 Å². The quantitative estimate of drug-likeness (QED) is 0.756. The Morgan fingerprint density at radius 3 is 2.28 bits per heavy atom. The molecule has 1 aliphatic rings. The van der Waals surface area contributed by atoms with Crippen LogP contribution in [0.4, 0.5) is 0 Å². The van der Waals surface area contributed by atoms with Crippen LogP contribution in [0.3, 0.4) is 0 Å². The standard InChI is InChI=1S/C13H10N2O3/c1-8(11-14-6-7-18-11)15-12(16)9-4-2-3-5-10(9)13(15)17/h2-8H,1H3/t8-/m0/s1. The van der Waals surface area contributed by atoms with E-state index in [4.69, 9.17) is 4.42 Å². The lowest BCUT2D eigenvalue weighted by atomic mass is 10.1. The third-order valence-electron chi connectivity index (χ3n) is 3.02. The lowest BCUT2D eigenvalue weighted by molar-refractivity contribution is 0.0573. The summed E-state index contributed by atoms with van der Waals surface area (Å²) in [7, 11) is 0. The zero-order valence-corrected chi connectivity index (χ0v) is 9.66. The summed E-state index contributed by atoms with van der Waals surface area (Å²) in [5, 5.41) is 0. The van der Waals surface area contributed by atoms with E-state index in [1.54, 1.807) is 31.2 Å². The van der Waals surface area contributed by atoms with Crippen molar-refractivity contribution < 1.29 is 14.0 Å². The van der Waals surface area contributed by atoms with Gasteiger partial charge in [-0.25, -0.2) is 4.98 Å². The van der Waals surface area contributed by atoms with Crippen molar-refractivity contribution >= 4 is 11.8 Å². The Kier molecular flexibility index (Phi) is 2.26. The second kappa shape index (κ2) is 3.80. The van der Waals surface area contributed by atoms with Crippen LogP contribution in [0.2, 0.25) is 0 Å². The number of carbonyl (C=O) groups is 2. The SMILES string of the molecule is C[C@@H](c1ncco1)N1C(=O)c2ccccc2C1=O. The van der Waals surface area contributed by atoms with E-state index in [-0.39, 0.29) is 11.8 Å². The molecule has 0 unspecified atom stereocenters. The molecule has 2 amide bonds. The van der Waals surface area contributed by atoms with Gasteiger partial charge in [-0.3, -0.25) is 14.5 Å². The van der Waals surface area contributed by atoms with Crippen LogP contribution in [0.15, 0.2) is 41.1 Å². The number of nitrogens with zero attached hydrogens (tertiary/aromatic N) is 2. The molecule has 0 aliphatic carbocycles. The van der Waals surface area contributed by atoms with Crippen LogP contribution >= 0.6 is 0 Å². The van der Waals surface area contributed by atoms with E-state index in [1.165, 1.54) is 17.4 Å². The van der Waals surface area contributed by atoms with Crippen molar-refractivity contribution in [3.63, 3.8) is 0 Å². The number of hydrogen-bond donors (Lipinski definition) is 0. The first-order valence-electron chi connectivity index (χ1n) is 5.56. The van der Waals surface area contributed by atoms with Crippen molar-refractivity contribution in [1.82, 2.24) is 9.88 Å². The van der Waals surface area contributed by atoms with E-state index in [0.29, 0.717) is 17.0 Å². The number of benzene rings is 1. The van der Waals surface area contributed by atoms with Gasteiger partial charge >= 0.3 is 0 Å². The summed E-state index contributed by atoms with van der Waals surface area (Å²) in [6, 6.07) is 6.27. The molecule has 1 aromatic heterocycles. The number of fused-ring (bicyclic) bond motifs is 1. The van der Waals surface area contributed by atoms with Crippen molar-refractivity contribution in [2.45, 2.75) is 13.0 Å². The molecule has 5 nitrogen and oxygen atoms in total. The molecule has 2 heterocycles. The van der Waals surface area contributed by atoms with Gasteiger partial charge in [-0.1, -0.05) is 12.1 Å². The fourth-order valence-electron chi connectivity index (χ4n) is 2.11. The molecule has 0 saturated heterocycles. The summed E-state index contributed by atoms with van der Waals surface area (Å²) in [6.45, 7) is 1.72. The van der Waals surface area contributed by atoms with Gasteiger partial charge in [-0.15, -0.1) is 0 Å². The maximum Gasteiger partial charge on any atom is 0.262 e. The van der Waals surface area contributed by atoms with E-state index >= 15 is 0 Å². The Morgan fingerprint density at radius 2 is 1.78 bits per heavy atom. The van der Waals surface area contributed by atoms with Gasteiger partial charge in [0.25, 0.3) is 11.8 Å². The molecular weight excluding hydrogens is 232 g/mol. The zero-order chi connectivity index (χ0) is 12.7. The molecule has 18 heavy (non-hydrogen) atoms. The molecule has 3 rings (SSSR count). The molecule has 0 saturated carbocycles. The van der Waals surface area contributed by atoms with Gasteiger partial charge < -0.3 is 4.42 Å². The highest BCUT2D eigenvalue weighted by molar-refractivity contribution is 6.21. The molecule has 0 radical (unpaired) electrons. The van der Waals surface area contributed by atoms with Gasteiger partial charge in [0.05, 0.1) is 17.3 Å². The molecule has 90 valence electrons. The van der Waals surface area contributed by atoms with E-state index in [9.17, 15) is 9.59 Å². The monoisotopic (exact) mass is 242 g/mol. The molecule has 0 N–H and O–H groups in total. The lowest BCUT2D eigenvalue weighted by Crippen LogP contribution is -2.32. The van der Waals surface area contributed by atoms with Crippen molar-refractivity contribution in [3.8, 4) is 0 Å². The molecular formula is C13H10N2O3. The molecule has 0 bridgehead atoms. The Balaban J connectivity index is 2.02. The number of amides is 2. The third kappa shape index (κ3) is 1.37. The summed E-state index contributed by atoms with van der Waals surface area (Å²) in [5.41, 5.74) is 0.863. The second-order valence-electron chi connectivity index (χ2n) is 4.07. The number of rotatable bonds is 2. The van der Waals surface area contributed by atoms with Gasteiger partial charge in [0.15, 0.2) is 0 Å². The molecule has 2 aromatic rings. The van der Waals surface area contributed by atoms with Gasteiger partial charge in [-0.2, -0.15) is 0 Å². The fraction of sp³-hybridized carbons (Fsp3) is 0.154. The van der Waals surface area contributed by atoms with E-state index in [2.05, 4.69) is 4.98 Å². The number of carbonyl (C=O) groups excluding carboxylic acids is 2. The lowest BCUT2D eigenvalue weighted by Gasteiger charge is -2.19. The average molecular weight is 242 g/mol. The van der Waals surface area contributed by atoms with Crippen LogP contribution in [0, 0.1) is 0 Å². The smallest absolute Gasteiger partial charge is 0.262 e. The first kappa shape index (κ1) is 10.7. The Labute approximate surface area is 103 Å². The highest BCUT2D eigenvalue weighted by atomic mass is 16.3. The van der Waals surface area contributed by atoms with Gasteiger partial charge in [-0.05, 0) is 19.1 Å². The van der Waals surface area contributed by atoms with E-state index in [1.807, 2.05) is 0 Å². The highest BCUT2D eigenvalue weighted by Crippen LogP contribution is 2.30. The summed E-state index contributed by atoms with van der Waals surface area (Å²) in [6.07, 6.45) is 2.91. The molecule has 0 spiro atoms. The van der Waals surface area contributed by atoms with Crippen molar-refractivity contribution in [2.24, 2.45) is 0 Å². The number of aromatic nitrogens is 1. The average Bonchev–Trinajstić information content (AvgIpc) is 2.99. The van der Waals surface area contributed by atoms with Crippen LogP contribution < -0.4 is 0 Å². The number of imide groups is 1. The molecule has 5 heteroatoms.